The molecule has 2 heteroatoms. The van der Waals surface area contributed by atoms with E-state index in [2.05, 4.69) is 13.8 Å². The van der Waals surface area contributed by atoms with Gasteiger partial charge in [0, 0.05) is 22.4 Å². The van der Waals surface area contributed by atoms with Crippen LogP contribution in [0.2, 0.25) is 0 Å². The summed E-state index contributed by atoms with van der Waals surface area (Å²) in [6.45, 7) is 4.21. The van der Waals surface area contributed by atoms with Gasteiger partial charge < -0.3 is 4.79 Å². The molecule has 0 aliphatic rings. The van der Waals surface area contributed by atoms with Crippen LogP contribution in [-0.4, -0.2) is 6.29 Å². The number of hydrogen-bond acceptors (Lipinski definition) is 1. The maximum absolute atomic E-state index is 10.2. The molecule has 0 bridgehead atoms. The van der Waals surface area contributed by atoms with E-state index in [-0.39, 0.29) is 16.5 Å². The van der Waals surface area contributed by atoms with Gasteiger partial charge in [-0.15, -0.1) is 0 Å². The molecule has 1 atom stereocenters. The Bertz CT molecular complexity index is 73.7. The van der Waals surface area contributed by atoms with Gasteiger partial charge in [0.05, 0.1) is 0 Å². The van der Waals surface area contributed by atoms with Crippen molar-refractivity contribution in [2.45, 2.75) is 39.5 Å². The summed E-state index contributed by atoms with van der Waals surface area (Å²) in [5.74, 6) is 0.324. The molecule has 0 aromatic heterocycles. The van der Waals surface area contributed by atoms with Crippen molar-refractivity contribution in [1.82, 2.24) is 0 Å². The van der Waals surface area contributed by atoms with Crippen LogP contribution in [0.3, 0.4) is 0 Å². The minimum atomic E-state index is 0. The third kappa shape index (κ3) is 6.29. The SMILES string of the molecule is CCCCC(C=O)CC.[Ni]. The monoisotopic (exact) mass is 186 g/mol. The van der Waals surface area contributed by atoms with Gasteiger partial charge in [-0.3, -0.25) is 0 Å². The Morgan fingerprint density at radius 3 is 2.30 bits per heavy atom. The molecule has 0 amide bonds. The van der Waals surface area contributed by atoms with Gasteiger partial charge >= 0.3 is 0 Å². The first-order valence-corrected chi connectivity index (χ1v) is 3.80. The van der Waals surface area contributed by atoms with Crippen LogP contribution < -0.4 is 0 Å². The molecule has 0 heterocycles. The summed E-state index contributed by atoms with van der Waals surface area (Å²) in [5.41, 5.74) is 0. The van der Waals surface area contributed by atoms with Crippen molar-refractivity contribution in [3.63, 3.8) is 0 Å². The fourth-order valence-electron chi connectivity index (χ4n) is 0.835. The number of rotatable bonds is 5. The Kier molecular flexibility index (Phi) is 11.7. The minimum absolute atomic E-state index is 0. The van der Waals surface area contributed by atoms with Crippen molar-refractivity contribution in [2.75, 3.05) is 0 Å². The quantitative estimate of drug-likeness (QED) is 0.476. The van der Waals surface area contributed by atoms with Gasteiger partial charge in [-0.05, 0) is 12.8 Å². The first-order chi connectivity index (χ1) is 4.35. The molecule has 0 saturated carbocycles. The first-order valence-electron chi connectivity index (χ1n) is 3.80. The molecular weight excluding hydrogens is 171 g/mol. The average Bonchev–Trinajstić information content (AvgIpc) is 1.91. The maximum Gasteiger partial charge on any atom is 0.123 e. The molecule has 0 aromatic rings. The number of aldehydes is 1. The molecule has 0 N–H and O–H groups in total. The zero-order valence-corrected chi connectivity index (χ0v) is 7.70. The van der Waals surface area contributed by atoms with Crippen LogP contribution in [0.25, 0.3) is 0 Å². The van der Waals surface area contributed by atoms with E-state index >= 15 is 0 Å². The van der Waals surface area contributed by atoms with Crippen LogP contribution in [0.15, 0.2) is 0 Å². The summed E-state index contributed by atoms with van der Waals surface area (Å²) >= 11 is 0. The molecule has 0 aliphatic heterocycles. The molecular formula is C8H16NiO. The summed E-state index contributed by atoms with van der Waals surface area (Å²) in [7, 11) is 0. The summed E-state index contributed by atoms with van der Waals surface area (Å²) in [6, 6.07) is 0. The molecule has 0 aromatic carbocycles. The molecule has 64 valence electrons. The molecule has 1 nitrogen and oxygen atoms in total. The zero-order valence-electron chi connectivity index (χ0n) is 6.71. The van der Waals surface area contributed by atoms with E-state index in [4.69, 9.17) is 0 Å². The van der Waals surface area contributed by atoms with E-state index in [1.165, 1.54) is 12.8 Å². The van der Waals surface area contributed by atoms with Gasteiger partial charge in [0.1, 0.15) is 6.29 Å². The number of carbonyl (C=O) groups excluding carboxylic acids is 1. The van der Waals surface area contributed by atoms with E-state index in [1.807, 2.05) is 0 Å². The van der Waals surface area contributed by atoms with Crippen LogP contribution in [0.1, 0.15) is 39.5 Å². The van der Waals surface area contributed by atoms with E-state index in [1.54, 1.807) is 0 Å². The predicted octanol–water partition coefficient (Wildman–Crippen LogP) is 2.40. The summed E-state index contributed by atoms with van der Waals surface area (Å²) in [4.78, 5) is 10.2. The van der Waals surface area contributed by atoms with Gasteiger partial charge in [0.25, 0.3) is 0 Å². The second-order valence-electron chi connectivity index (χ2n) is 2.45. The van der Waals surface area contributed by atoms with Crippen LogP contribution in [0.4, 0.5) is 0 Å². The zero-order chi connectivity index (χ0) is 7.11. The number of carbonyl (C=O) groups is 1. The second-order valence-corrected chi connectivity index (χ2v) is 2.45. The first kappa shape index (κ1) is 12.8. The van der Waals surface area contributed by atoms with Crippen molar-refractivity contribution in [3.05, 3.63) is 0 Å². The molecule has 1 unspecified atom stereocenters. The van der Waals surface area contributed by atoms with E-state index in [0.717, 1.165) is 19.1 Å². The van der Waals surface area contributed by atoms with Gasteiger partial charge in [0.2, 0.25) is 0 Å². The fraction of sp³-hybridized carbons (Fsp3) is 0.875. The smallest absolute Gasteiger partial charge is 0.123 e. The Morgan fingerprint density at radius 2 is 2.00 bits per heavy atom. The van der Waals surface area contributed by atoms with Crippen molar-refractivity contribution < 1.29 is 21.3 Å². The topological polar surface area (TPSA) is 17.1 Å². The summed E-state index contributed by atoms with van der Waals surface area (Å²) < 4.78 is 0. The van der Waals surface area contributed by atoms with Crippen LogP contribution in [0.5, 0.6) is 0 Å². The van der Waals surface area contributed by atoms with E-state index < -0.39 is 0 Å². The third-order valence-corrected chi connectivity index (χ3v) is 1.65. The van der Waals surface area contributed by atoms with E-state index in [9.17, 15) is 4.79 Å². The molecule has 0 saturated heterocycles. The molecule has 0 rings (SSSR count). The molecule has 0 radical (unpaired) electrons. The normalized spacial score (nSPS) is 11.8. The van der Waals surface area contributed by atoms with Crippen LogP contribution in [-0.2, 0) is 21.3 Å². The Morgan fingerprint density at radius 1 is 1.40 bits per heavy atom. The van der Waals surface area contributed by atoms with Crippen LogP contribution >= 0.6 is 0 Å². The van der Waals surface area contributed by atoms with Crippen LogP contribution in [0, 0.1) is 5.92 Å². The predicted molar refractivity (Wildman–Crippen MR) is 39.4 cm³/mol. The Hall–Kier alpha value is 0.164. The van der Waals surface area contributed by atoms with Crippen molar-refractivity contribution in [3.8, 4) is 0 Å². The fourth-order valence-corrected chi connectivity index (χ4v) is 0.835. The average molecular weight is 187 g/mol. The maximum atomic E-state index is 10.2. The van der Waals surface area contributed by atoms with Gasteiger partial charge in [-0.2, -0.15) is 0 Å². The van der Waals surface area contributed by atoms with E-state index in [0.29, 0.717) is 5.92 Å². The van der Waals surface area contributed by atoms with Gasteiger partial charge in [0.15, 0.2) is 0 Å². The Balaban J connectivity index is 0. The molecule has 10 heavy (non-hydrogen) atoms. The van der Waals surface area contributed by atoms with Gasteiger partial charge in [-0.25, -0.2) is 0 Å². The van der Waals surface area contributed by atoms with Gasteiger partial charge in [-0.1, -0.05) is 26.7 Å². The standard InChI is InChI=1S/C8H16O.Ni/c1-3-5-6-8(4-2)7-9;/h7-8H,3-6H2,1-2H3;. The number of unbranched alkanes of at least 4 members (excludes halogenated alkanes) is 1. The minimum Gasteiger partial charge on any atom is -0.303 e. The molecule has 0 fully saturated rings. The number of hydrogen-bond donors (Lipinski definition) is 0. The van der Waals surface area contributed by atoms with Crippen molar-refractivity contribution in [2.24, 2.45) is 5.92 Å². The second kappa shape index (κ2) is 9.16. The van der Waals surface area contributed by atoms with Crippen molar-refractivity contribution >= 4 is 6.29 Å². The largest absolute Gasteiger partial charge is 0.303 e. The summed E-state index contributed by atoms with van der Waals surface area (Å²) in [5, 5.41) is 0. The third-order valence-electron chi connectivity index (χ3n) is 1.65. The van der Waals surface area contributed by atoms with Crippen molar-refractivity contribution in [1.29, 1.82) is 0 Å². The Labute approximate surface area is 73.5 Å². The molecule has 0 aliphatic carbocycles. The summed E-state index contributed by atoms with van der Waals surface area (Å²) in [6.07, 6.45) is 5.55. The molecule has 0 spiro atoms.